The van der Waals surface area contributed by atoms with Crippen molar-refractivity contribution < 1.29 is 0 Å². The molecule has 66 valence electrons. The van der Waals surface area contributed by atoms with Crippen molar-refractivity contribution in [2.24, 2.45) is 10.7 Å². The summed E-state index contributed by atoms with van der Waals surface area (Å²) < 4.78 is 0.773. The summed E-state index contributed by atoms with van der Waals surface area (Å²) >= 11 is 3.33. The van der Waals surface area contributed by atoms with Crippen LogP contribution < -0.4 is 5.73 Å². The first kappa shape index (κ1) is 11.2. The summed E-state index contributed by atoms with van der Waals surface area (Å²) in [6.45, 7) is 11.0. The molecule has 0 aromatic rings. The number of nitrogens with zero attached hydrogens (tertiary/aromatic N) is 1. The van der Waals surface area contributed by atoms with Gasteiger partial charge < -0.3 is 5.73 Å². The van der Waals surface area contributed by atoms with Crippen LogP contribution in [0.3, 0.4) is 0 Å². The van der Waals surface area contributed by atoms with Gasteiger partial charge in [-0.25, -0.2) is 0 Å². The Morgan fingerprint density at radius 2 is 2.00 bits per heavy atom. The fourth-order valence-electron chi connectivity index (χ4n) is 0.632. The first-order valence-electron chi connectivity index (χ1n) is 3.47. The van der Waals surface area contributed by atoms with E-state index in [-0.39, 0.29) is 0 Å². The number of hydrogen-bond acceptors (Lipinski definition) is 2. The third-order valence-electron chi connectivity index (χ3n) is 1.18. The average Bonchev–Trinajstić information content (AvgIpc) is 1.98. The standard InChI is InChI=1S/C9H13BrN2/c1-5-12-9(6(2)3)8(10)7(4)11/h5H,1-2,11H2,3-4H3/b8-7-,12-9?. The van der Waals surface area contributed by atoms with E-state index in [0.29, 0.717) is 5.70 Å². The van der Waals surface area contributed by atoms with E-state index < -0.39 is 0 Å². The predicted octanol–water partition coefficient (Wildman–Crippen LogP) is 2.73. The molecule has 0 aromatic carbocycles. The van der Waals surface area contributed by atoms with Gasteiger partial charge >= 0.3 is 0 Å². The Labute approximate surface area is 81.7 Å². The second kappa shape index (κ2) is 4.93. The highest BCUT2D eigenvalue weighted by Crippen LogP contribution is 2.15. The quantitative estimate of drug-likeness (QED) is 0.742. The van der Waals surface area contributed by atoms with Crippen molar-refractivity contribution in [3.63, 3.8) is 0 Å². The van der Waals surface area contributed by atoms with Crippen LogP contribution >= 0.6 is 15.9 Å². The molecule has 0 aliphatic rings. The van der Waals surface area contributed by atoms with E-state index in [0.717, 1.165) is 15.8 Å². The smallest absolute Gasteiger partial charge is 0.0811 e. The first-order chi connectivity index (χ1) is 5.50. The minimum absolute atomic E-state index is 0.679. The lowest BCUT2D eigenvalue weighted by atomic mass is 10.2. The second-order valence-electron chi connectivity index (χ2n) is 2.44. The minimum atomic E-state index is 0.679. The van der Waals surface area contributed by atoms with Gasteiger partial charge in [0.1, 0.15) is 0 Å². The van der Waals surface area contributed by atoms with Gasteiger partial charge in [0, 0.05) is 11.9 Å². The van der Waals surface area contributed by atoms with Crippen molar-refractivity contribution in [1.29, 1.82) is 0 Å². The van der Waals surface area contributed by atoms with Gasteiger partial charge in [-0.05, 0) is 35.4 Å². The topological polar surface area (TPSA) is 38.4 Å². The zero-order valence-electron chi connectivity index (χ0n) is 7.39. The number of nitrogens with two attached hydrogens (primary N) is 1. The van der Waals surface area contributed by atoms with Crippen molar-refractivity contribution in [3.05, 3.63) is 35.1 Å². The molecule has 0 unspecified atom stereocenters. The Morgan fingerprint density at radius 1 is 1.50 bits per heavy atom. The Kier molecular flexibility index (Phi) is 4.59. The molecule has 0 atom stereocenters. The van der Waals surface area contributed by atoms with Crippen molar-refractivity contribution >= 4 is 21.6 Å². The zero-order valence-corrected chi connectivity index (χ0v) is 8.98. The molecule has 0 bridgehead atoms. The fraction of sp³-hybridized carbons (Fsp3) is 0.222. The van der Waals surface area contributed by atoms with Crippen LogP contribution in [0.15, 0.2) is 40.1 Å². The molecule has 0 saturated carbocycles. The maximum Gasteiger partial charge on any atom is 0.0811 e. The minimum Gasteiger partial charge on any atom is -0.401 e. The molecule has 0 saturated heterocycles. The highest BCUT2D eigenvalue weighted by Gasteiger charge is 2.05. The van der Waals surface area contributed by atoms with E-state index in [9.17, 15) is 0 Å². The van der Waals surface area contributed by atoms with E-state index in [4.69, 9.17) is 5.73 Å². The van der Waals surface area contributed by atoms with Crippen LogP contribution in [0.1, 0.15) is 13.8 Å². The van der Waals surface area contributed by atoms with Gasteiger partial charge in [0.05, 0.1) is 10.2 Å². The van der Waals surface area contributed by atoms with Crippen LogP contribution in [0.4, 0.5) is 0 Å². The van der Waals surface area contributed by atoms with Crippen molar-refractivity contribution in [2.45, 2.75) is 13.8 Å². The SMILES string of the molecule is C=CN=C(C(=C)C)/C(Br)=C(\C)N. The molecule has 12 heavy (non-hydrogen) atoms. The Hall–Kier alpha value is -0.830. The number of rotatable bonds is 3. The summed E-state index contributed by atoms with van der Waals surface area (Å²) in [6, 6.07) is 0. The lowest BCUT2D eigenvalue weighted by Gasteiger charge is -2.04. The molecule has 0 spiro atoms. The van der Waals surface area contributed by atoms with E-state index >= 15 is 0 Å². The molecule has 0 aromatic heterocycles. The number of aliphatic imine (C=N–C) groups is 1. The fourth-order valence-corrected chi connectivity index (χ4v) is 1.07. The highest BCUT2D eigenvalue weighted by molar-refractivity contribution is 9.12. The molecular weight excluding hydrogens is 216 g/mol. The molecule has 0 fully saturated rings. The zero-order chi connectivity index (χ0) is 9.72. The molecule has 0 radical (unpaired) electrons. The van der Waals surface area contributed by atoms with E-state index in [1.807, 2.05) is 6.92 Å². The van der Waals surface area contributed by atoms with Gasteiger partial charge in [0.2, 0.25) is 0 Å². The van der Waals surface area contributed by atoms with Gasteiger partial charge in [-0.2, -0.15) is 0 Å². The molecule has 2 nitrogen and oxygen atoms in total. The average molecular weight is 229 g/mol. The summed E-state index contributed by atoms with van der Waals surface area (Å²) in [4.78, 5) is 4.04. The van der Waals surface area contributed by atoms with Gasteiger partial charge in [-0.15, -0.1) is 0 Å². The molecule has 0 heterocycles. The maximum atomic E-state index is 5.58. The summed E-state index contributed by atoms with van der Waals surface area (Å²) in [6.07, 6.45) is 1.47. The third-order valence-corrected chi connectivity index (χ3v) is 2.18. The van der Waals surface area contributed by atoms with E-state index in [2.05, 4.69) is 34.1 Å². The molecule has 0 amide bonds. The lowest BCUT2D eigenvalue weighted by Crippen LogP contribution is -2.05. The third kappa shape index (κ3) is 3.05. The van der Waals surface area contributed by atoms with Gasteiger partial charge in [0.15, 0.2) is 0 Å². The monoisotopic (exact) mass is 228 g/mol. The van der Waals surface area contributed by atoms with Crippen LogP contribution in [0.5, 0.6) is 0 Å². The summed E-state index contributed by atoms with van der Waals surface area (Å²) in [5, 5.41) is 0. The van der Waals surface area contributed by atoms with Crippen LogP contribution in [-0.4, -0.2) is 5.71 Å². The van der Waals surface area contributed by atoms with Crippen LogP contribution in [0.25, 0.3) is 0 Å². The predicted molar refractivity (Wildman–Crippen MR) is 58.3 cm³/mol. The number of hydrogen-bond donors (Lipinski definition) is 1. The number of halogens is 1. The lowest BCUT2D eigenvalue weighted by molar-refractivity contribution is 1.31. The van der Waals surface area contributed by atoms with Crippen LogP contribution in [0.2, 0.25) is 0 Å². The summed E-state index contributed by atoms with van der Waals surface area (Å²) in [5.41, 5.74) is 7.85. The Morgan fingerprint density at radius 3 is 2.25 bits per heavy atom. The van der Waals surface area contributed by atoms with Gasteiger partial charge in [-0.3, -0.25) is 4.99 Å². The van der Waals surface area contributed by atoms with Gasteiger partial charge in [0.25, 0.3) is 0 Å². The molecule has 3 heteroatoms. The molecule has 0 aliphatic heterocycles. The summed E-state index contributed by atoms with van der Waals surface area (Å²) in [5.74, 6) is 0. The largest absolute Gasteiger partial charge is 0.401 e. The molecule has 2 N–H and O–H groups in total. The van der Waals surface area contributed by atoms with Crippen molar-refractivity contribution in [2.75, 3.05) is 0 Å². The Bertz CT molecular complexity index is 258. The van der Waals surface area contributed by atoms with E-state index in [1.165, 1.54) is 6.20 Å². The highest BCUT2D eigenvalue weighted by atomic mass is 79.9. The first-order valence-corrected chi connectivity index (χ1v) is 4.26. The van der Waals surface area contributed by atoms with Crippen molar-refractivity contribution in [1.82, 2.24) is 0 Å². The second-order valence-corrected chi connectivity index (χ2v) is 3.23. The normalized spacial score (nSPS) is 13.8. The van der Waals surface area contributed by atoms with Gasteiger partial charge in [-0.1, -0.05) is 13.2 Å². The summed E-state index contributed by atoms with van der Waals surface area (Å²) in [7, 11) is 0. The Balaban J connectivity index is 5.03. The van der Waals surface area contributed by atoms with E-state index in [1.54, 1.807) is 6.92 Å². The van der Waals surface area contributed by atoms with Crippen molar-refractivity contribution in [3.8, 4) is 0 Å². The number of allylic oxidation sites excluding steroid dienone is 3. The van der Waals surface area contributed by atoms with Crippen LogP contribution in [-0.2, 0) is 0 Å². The molecular formula is C9H13BrN2. The van der Waals surface area contributed by atoms with Crippen LogP contribution in [0, 0.1) is 0 Å². The molecule has 0 aliphatic carbocycles. The molecule has 0 rings (SSSR count). The maximum absolute atomic E-state index is 5.58.